The third kappa shape index (κ3) is 4.03. The summed E-state index contributed by atoms with van der Waals surface area (Å²) in [6, 6.07) is 4.52. The van der Waals surface area contributed by atoms with Gasteiger partial charge >= 0.3 is 0 Å². The fourth-order valence-corrected chi connectivity index (χ4v) is 1.51. The van der Waals surface area contributed by atoms with E-state index in [0.29, 0.717) is 17.9 Å². The molecular weight excluding hydrogens is 223 g/mol. The van der Waals surface area contributed by atoms with E-state index in [-0.39, 0.29) is 24.2 Å². The van der Waals surface area contributed by atoms with Crippen LogP contribution in [0.3, 0.4) is 0 Å². The molecule has 4 nitrogen and oxygen atoms in total. The van der Waals surface area contributed by atoms with Crippen molar-refractivity contribution in [2.45, 2.75) is 19.4 Å². The zero-order valence-electron chi connectivity index (χ0n) is 10.00. The van der Waals surface area contributed by atoms with Crippen LogP contribution < -0.4 is 15.8 Å². The number of amides is 1. The number of nitrogens with one attached hydrogen (secondary N) is 1. The largest absolute Gasteiger partial charge is 0.497 e. The van der Waals surface area contributed by atoms with Gasteiger partial charge in [-0.1, -0.05) is 6.07 Å². The van der Waals surface area contributed by atoms with Crippen molar-refractivity contribution in [2.24, 2.45) is 5.73 Å². The molecule has 0 saturated carbocycles. The van der Waals surface area contributed by atoms with Gasteiger partial charge in [0.15, 0.2) is 0 Å². The first-order valence-electron chi connectivity index (χ1n) is 5.39. The highest BCUT2D eigenvalue weighted by Gasteiger charge is 2.11. The minimum atomic E-state index is -0.375. The van der Waals surface area contributed by atoms with Crippen LogP contribution in [-0.4, -0.2) is 19.6 Å². The number of rotatable bonds is 6. The van der Waals surface area contributed by atoms with Crippen LogP contribution in [0.4, 0.5) is 4.39 Å². The Balaban J connectivity index is 2.62. The van der Waals surface area contributed by atoms with Crippen LogP contribution in [0.15, 0.2) is 18.2 Å². The van der Waals surface area contributed by atoms with Crippen LogP contribution in [0.25, 0.3) is 0 Å². The van der Waals surface area contributed by atoms with Gasteiger partial charge in [0.1, 0.15) is 11.6 Å². The van der Waals surface area contributed by atoms with E-state index in [2.05, 4.69) is 5.32 Å². The number of primary amides is 1. The molecule has 1 atom stereocenters. The van der Waals surface area contributed by atoms with Crippen LogP contribution in [0.1, 0.15) is 24.9 Å². The first-order chi connectivity index (χ1) is 8.04. The zero-order chi connectivity index (χ0) is 12.8. The van der Waals surface area contributed by atoms with Gasteiger partial charge in [-0.2, -0.15) is 0 Å². The van der Waals surface area contributed by atoms with Crippen LogP contribution in [-0.2, 0) is 4.79 Å². The lowest BCUT2D eigenvalue weighted by atomic mass is 10.1. The summed E-state index contributed by atoms with van der Waals surface area (Å²) in [5.74, 6) is -0.223. The van der Waals surface area contributed by atoms with E-state index in [4.69, 9.17) is 10.5 Å². The van der Waals surface area contributed by atoms with Crippen LogP contribution in [0.2, 0.25) is 0 Å². The third-order valence-electron chi connectivity index (χ3n) is 2.50. The molecule has 17 heavy (non-hydrogen) atoms. The minimum Gasteiger partial charge on any atom is -0.497 e. The van der Waals surface area contributed by atoms with Gasteiger partial charge in [0.05, 0.1) is 7.11 Å². The number of carbonyl (C=O) groups is 1. The maximum Gasteiger partial charge on any atom is 0.218 e. The van der Waals surface area contributed by atoms with Crippen molar-refractivity contribution in [1.29, 1.82) is 0 Å². The van der Waals surface area contributed by atoms with Crippen LogP contribution in [0.5, 0.6) is 5.75 Å². The molecule has 0 fully saturated rings. The lowest BCUT2D eigenvalue weighted by molar-refractivity contribution is -0.117. The lowest BCUT2D eigenvalue weighted by Gasteiger charge is -2.15. The average Bonchev–Trinajstić information content (AvgIpc) is 2.28. The summed E-state index contributed by atoms with van der Waals surface area (Å²) in [7, 11) is 1.49. The predicted molar refractivity (Wildman–Crippen MR) is 63.2 cm³/mol. The molecule has 5 heteroatoms. The zero-order valence-corrected chi connectivity index (χ0v) is 10.00. The standard InChI is InChI=1S/C12H17FN2O2/c1-8(15-6-5-12(14)16)10-4-3-9(17-2)7-11(10)13/h3-4,7-8,15H,5-6H2,1-2H3,(H2,14,16). The molecule has 0 radical (unpaired) electrons. The Labute approximate surface area is 100.0 Å². The molecular formula is C12H17FN2O2. The molecule has 0 spiro atoms. The van der Waals surface area contributed by atoms with Crippen molar-refractivity contribution in [3.8, 4) is 5.75 Å². The highest BCUT2D eigenvalue weighted by atomic mass is 19.1. The summed E-state index contributed by atoms with van der Waals surface area (Å²) in [6.07, 6.45) is 0.238. The van der Waals surface area contributed by atoms with Gasteiger partial charge in [0, 0.05) is 30.6 Å². The minimum absolute atomic E-state index is 0.180. The fourth-order valence-electron chi connectivity index (χ4n) is 1.51. The smallest absolute Gasteiger partial charge is 0.218 e. The summed E-state index contributed by atoms with van der Waals surface area (Å²) in [5, 5.41) is 3.03. The molecule has 1 rings (SSSR count). The Morgan fingerprint density at radius 3 is 2.82 bits per heavy atom. The molecule has 0 aliphatic heterocycles. The van der Waals surface area contributed by atoms with E-state index >= 15 is 0 Å². The van der Waals surface area contributed by atoms with Crippen molar-refractivity contribution < 1.29 is 13.9 Å². The topological polar surface area (TPSA) is 64.3 Å². The van der Waals surface area contributed by atoms with E-state index in [1.807, 2.05) is 6.92 Å². The lowest BCUT2D eigenvalue weighted by Crippen LogP contribution is -2.25. The molecule has 1 unspecified atom stereocenters. The van der Waals surface area contributed by atoms with Gasteiger partial charge in [-0.05, 0) is 13.0 Å². The Bertz CT molecular complexity index is 396. The Hall–Kier alpha value is -1.62. The summed E-state index contributed by atoms with van der Waals surface area (Å²) >= 11 is 0. The van der Waals surface area contributed by atoms with Gasteiger partial charge in [-0.25, -0.2) is 4.39 Å². The number of halogens is 1. The third-order valence-corrected chi connectivity index (χ3v) is 2.50. The maximum atomic E-state index is 13.7. The summed E-state index contributed by atoms with van der Waals surface area (Å²) in [6.45, 7) is 2.26. The van der Waals surface area contributed by atoms with E-state index in [9.17, 15) is 9.18 Å². The second-order valence-corrected chi connectivity index (χ2v) is 3.78. The quantitative estimate of drug-likeness (QED) is 0.789. The summed E-state index contributed by atoms with van der Waals surface area (Å²) in [4.78, 5) is 10.6. The average molecular weight is 240 g/mol. The van der Waals surface area contributed by atoms with Crippen molar-refractivity contribution in [3.63, 3.8) is 0 Å². The Kier molecular flexibility index (Phi) is 4.90. The number of hydrogen-bond acceptors (Lipinski definition) is 3. The monoisotopic (exact) mass is 240 g/mol. The highest BCUT2D eigenvalue weighted by Crippen LogP contribution is 2.21. The maximum absolute atomic E-state index is 13.7. The molecule has 3 N–H and O–H groups in total. The second-order valence-electron chi connectivity index (χ2n) is 3.78. The van der Waals surface area contributed by atoms with Gasteiger partial charge in [-0.15, -0.1) is 0 Å². The Morgan fingerprint density at radius 1 is 1.59 bits per heavy atom. The van der Waals surface area contributed by atoms with Crippen LogP contribution in [0, 0.1) is 5.82 Å². The van der Waals surface area contributed by atoms with E-state index in [1.54, 1.807) is 12.1 Å². The summed E-state index contributed by atoms with van der Waals surface area (Å²) in [5.41, 5.74) is 5.55. The van der Waals surface area contributed by atoms with Gasteiger partial charge < -0.3 is 15.8 Å². The van der Waals surface area contributed by atoms with Gasteiger partial charge in [0.2, 0.25) is 5.91 Å². The number of hydrogen-bond donors (Lipinski definition) is 2. The van der Waals surface area contributed by atoms with E-state index < -0.39 is 0 Å². The molecule has 1 amide bonds. The number of carbonyl (C=O) groups excluding carboxylic acids is 1. The predicted octanol–water partition coefficient (Wildman–Crippen LogP) is 1.36. The second kappa shape index (κ2) is 6.20. The van der Waals surface area contributed by atoms with Crippen molar-refractivity contribution in [2.75, 3.05) is 13.7 Å². The first-order valence-corrected chi connectivity index (χ1v) is 5.39. The number of nitrogens with two attached hydrogens (primary N) is 1. The highest BCUT2D eigenvalue weighted by molar-refractivity contribution is 5.73. The molecule has 1 aromatic carbocycles. The Morgan fingerprint density at radius 2 is 2.29 bits per heavy atom. The molecule has 0 aliphatic rings. The normalized spacial score (nSPS) is 12.2. The SMILES string of the molecule is COc1ccc(C(C)NCCC(N)=O)c(F)c1. The van der Waals surface area contributed by atoms with Gasteiger partial charge in [-0.3, -0.25) is 4.79 Å². The molecule has 0 aliphatic carbocycles. The van der Waals surface area contributed by atoms with Crippen molar-refractivity contribution >= 4 is 5.91 Å². The van der Waals surface area contributed by atoms with E-state index in [0.717, 1.165) is 0 Å². The number of benzene rings is 1. The first kappa shape index (κ1) is 13.4. The fraction of sp³-hybridized carbons (Fsp3) is 0.417. The summed E-state index contributed by atoms with van der Waals surface area (Å²) < 4.78 is 18.6. The molecule has 0 heterocycles. The van der Waals surface area contributed by atoms with Crippen molar-refractivity contribution in [3.05, 3.63) is 29.6 Å². The molecule has 0 bridgehead atoms. The number of methoxy groups -OCH3 is 1. The van der Waals surface area contributed by atoms with E-state index in [1.165, 1.54) is 13.2 Å². The molecule has 1 aromatic rings. The van der Waals surface area contributed by atoms with Gasteiger partial charge in [0.25, 0.3) is 0 Å². The number of ether oxygens (including phenoxy) is 1. The van der Waals surface area contributed by atoms with Crippen LogP contribution >= 0.6 is 0 Å². The molecule has 94 valence electrons. The van der Waals surface area contributed by atoms with Crippen molar-refractivity contribution in [1.82, 2.24) is 5.32 Å². The molecule has 0 saturated heterocycles. The molecule has 0 aromatic heterocycles.